The lowest BCUT2D eigenvalue weighted by molar-refractivity contribution is 0.0638. The van der Waals surface area contributed by atoms with Crippen LogP contribution < -0.4 is 0 Å². The van der Waals surface area contributed by atoms with Gasteiger partial charge in [0.25, 0.3) is 5.91 Å². The van der Waals surface area contributed by atoms with Crippen molar-refractivity contribution in [1.82, 2.24) is 19.6 Å². The number of hydrogen-bond donors (Lipinski definition) is 0. The molecule has 5 heteroatoms. The Morgan fingerprint density at radius 3 is 2.31 bits per heavy atom. The number of carbonyl (C=O) groups is 1. The standard InChI is InChI=1S/C24H28N4O/c1-3-13-26-14-16-27(17-15-26)24(29)22-18-28(21-11-9-19(2)10-12-21)25-23(22)20-7-5-4-6-8-20/h4-12,18H,3,13-17H2,1-2H3. The number of amides is 1. The number of hydrogen-bond acceptors (Lipinski definition) is 3. The average molecular weight is 389 g/mol. The first-order chi connectivity index (χ1) is 14.2. The van der Waals surface area contributed by atoms with Crippen LogP contribution in [0.15, 0.2) is 60.8 Å². The second-order valence-electron chi connectivity index (χ2n) is 7.67. The van der Waals surface area contributed by atoms with E-state index in [1.807, 2.05) is 58.2 Å². The Kier molecular flexibility index (Phi) is 5.76. The summed E-state index contributed by atoms with van der Waals surface area (Å²) in [7, 11) is 0. The number of aryl methyl sites for hydroxylation is 1. The number of nitrogens with zero attached hydrogens (tertiary/aromatic N) is 4. The average Bonchev–Trinajstić information content (AvgIpc) is 3.21. The zero-order chi connectivity index (χ0) is 20.2. The van der Waals surface area contributed by atoms with Gasteiger partial charge in [-0.1, -0.05) is 55.0 Å². The van der Waals surface area contributed by atoms with Crippen molar-refractivity contribution in [1.29, 1.82) is 0 Å². The molecule has 0 aliphatic carbocycles. The Morgan fingerprint density at radius 2 is 1.66 bits per heavy atom. The summed E-state index contributed by atoms with van der Waals surface area (Å²) < 4.78 is 1.82. The monoisotopic (exact) mass is 388 g/mol. The second-order valence-corrected chi connectivity index (χ2v) is 7.67. The molecular weight excluding hydrogens is 360 g/mol. The van der Waals surface area contributed by atoms with Crippen LogP contribution in [-0.4, -0.2) is 58.2 Å². The molecule has 1 amide bonds. The Hall–Kier alpha value is -2.92. The summed E-state index contributed by atoms with van der Waals surface area (Å²) in [5.74, 6) is 0.0679. The van der Waals surface area contributed by atoms with Gasteiger partial charge in [0.2, 0.25) is 0 Å². The van der Waals surface area contributed by atoms with Gasteiger partial charge in [0.05, 0.1) is 11.3 Å². The second kappa shape index (κ2) is 8.62. The first-order valence-electron chi connectivity index (χ1n) is 10.4. The minimum absolute atomic E-state index is 0.0679. The maximum absolute atomic E-state index is 13.4. The number of benzene rings is 2. The molecule has 5 nitrogen and oxygen atoms in total. The van der Waals surface area contributed by atoms with Crippen molar-refractivity contribution in [3.63, 3.8) is 0 Å². The van der Waals surface area contributed by atoms with Crippen molar-refractivity contribution in [3.05, 3.63) is 71.9 Å². The topological polar surface area (TPSA) is 41.4 Å². The number of carbonyl (C=O) groups excluding carboxylic acids is 1. The molecule has 0 atom stereocenters. The molecule has 0 N–H and O–H groups in total. The first kappa shape index (κ1) is 19.4. The maximum atomic E-state index is 13.4. The van der Waals surface area contributed by atoms with Crippen molar-refractivity contribution in [2.24, 2.45) is 0 Å². The highest BCUT2D eigenvalue weighted by molar-refractivity contribution is 6.00. The van der Waals surface area contributed by atoms with Gasteiger partial charge in [0.1, 0.15) is 5.69 Å². The number of aromatic nitrogens is 2. The first-order valence-corrected chi connectivity index (χ1v) is 10.4. The van der Waals surface area contributed by atoms with Gasteiger partial charge < -0.3 is 4.90 Å². The van der Waals surface area contributed by atoms with Gasteiger partial charge in [-0.2, -0.15) is 5.10 Å². The number of rotatable bonds is 5. The van der Waals surface area contributed by atoms with Gasteiger partial charge in [0, 0.05) is 37.9 Å². The fourth-order valence-corrected chi connectivity index (χ4v) is 3.83. The van der Waals surface area contributed by atoms with Gasteiger partial charge >= 0.3 is 0 Å². The van der Waals surface area contributed by atoms with E-state index in [2.05, 4.69) is 30.9 Å². The molecule has 1 saturated heterocycles. The van der Waals surface area contributed by atoms with Gasteiger partial charge in [-0.05, 0) is 32.0 Å². The van der Waals surface area contributed by atoms with Gasteiger partial charge in [-0.15, -0.1) is 0 Å². The SMILES string of the molecule is CCCN1CCN(C(=O)c2cn(-c3ccc(C)cc3)nc2-c2ccccc2)CC1. The highest BCUT2D eigenvalue weighted by atomic mass is 16.2. The van der Waals surface area contributed by atoms with Crippen LogP contribution in [0.25, 0.3) is 16.9 Å². The Labute approximate surface area is 172 Å². The normalized spacial score (nSPS) is 14.9. The van der Waals surface area contributed by atoms with Gasteiger partial charge in [0.15, 0.2) is 0 Å². The quantitative estimate of drug-likeness (QED) is 0.663. The van der Waals surface area contributed by atoms with E-state index in [1.165, 1.54) is 5.56 Å². The van der Waals surface area contributed by atoms with E-state index < -0.39 is 0 Å². The molecule has 0 spiro atoms. The summed E-state index contributed by atoms with van der Waals surface area (Å²) in [6, 6.07) is 18.2. The van der Waals surface area contributed by atoms with Crippen molar-refractivity contribution in [2.75, 3.05) is 32.7 Å². The number of piperazine rings is 1. The smallest absolute Gasteiger partial charge is 0.257 e. The predicted molar refractivity (Wildman–Crippen MR) is 116 cm³/mol. The molecule has 2 aromatic carbocycles. The molecule has 150 valence electrons. The van der Waals surface area contributed by atoms with Crippen LogP contribution in [0.3, 0.4) is 0 Å². The zero-order valence-corrected chi connectivity index (χ0v) is 17.2. The lowest BCUT2D eigenvalue weighted by Crippen LogP contribution is -2.48. The Bertz CT molecular complexity index is 954. The third-order valence-corrected chi connectivity index (χ3v) is 5.49. The summed E-state index contributed by atoms with van der Waals surface area (Å²) in [6.45, 7) is 8.77. The van der Waals surface area contributed by atoms with Crippen LogP contribution in [0.1, 0.15) is 29.3 Å². The molecule has 1 fully saturated rings. The molecule has 0 saturated carbocycles. The fourth-order valence-electron chi connectivity index (χ4n) is 3.83. The molecule has 2 heterocycles. The summed E-state index contributed by atoms with van der Waals surface area (Å²) in [6.07, 6.45) is 3.03. The van der Waals surface area contributed by atoms with E-state index in [0.29, 0.717) is 5.56 Å². The van der Waals surface area contributed by atoms with E-state index in [4.69, 9.17) is 5.10 Å². The van der Waals surface area contributed by atoms with E-state index in [0.717, 1.165) is 56.1 Å². The molecule has 4 rings (SSSR count). The molecule has 29 heavy (non-hydrogen) atoms. The van der Waals surface area contributed by atoms with Crippen LogP contribution >= 0.6 is 0 Å². The lowest BCUT2D eigenvalue weighted by atomic mass is 10.1. The highest BCUT2D eigenvalue weighted by Gasteiger charge is 2.26. The molecule has 0 radical (unpaired) electrons. The molecular formula is C24H28N4O. The van der Waals surface area contributed by atoms with Crippen molar-refractivity contribution < 1.29 is 4.79 Å². The van der Waals surface area contributed by atoms with E-state index in [9.17, 15) is 4.79 Å². The van der Waals surface area contributed by atoms with Crippen LogP contribution in [0.4, 0.5) is 0 Å². The predicted octanol–water partition coefficient (Wildman–Crippen LogP) is 4.02. The third kappa shape index (κ3) is 4.25. The van der Waals surface area contributed by atoms with Crippen LogP contribution in [-0.2, 0) is 0 Å². The van der Waals surface area contributed by atoms with Crippen LogP contribution in [0.5, 0.6) is 0 Å². The Balaban J connectivity index is 1.66. The van der Waals surface area contributed by atoms with Gasteiger partial charge in [-0.3, -0.25) is 9.69 Å². The van der Waals surface area contributed by atoms with Crippen LogP contribution in [0, 0.1) is 6.92 Å². The third-order valence-electron chi connectivity index (χ3n) is 5.49. The van der Waals surface area contributed by atoms with Crippen LogP contribution in [0.2, 0.25) is 0 Å². The molecule has 0 unspecified atom stereocenters. The lowest BCUT2D eigenvalue weighted by Gasteiger charge is -2.34. The summed E-state index contributed by atoms with van der Waals surface area (Å²) in [4.78, 5) is 17.8. The zero-order valence-electron chi connectivity index (χ0n) is 17.2. The summed E-state index contributed by atoms with van der Waals surface area (Å²) >= 11 is 0. The minimum Gasteiger partial charge on any atom is -0.336 e. The summed E-state index contributed by atoms with van der Waals surface area (Å²) in [5, 5.41) is 4.80. The van der Waals surface area contributed by atoms with Gasteiger partial charge in [-0.25, -0.2) is 4.68 Å². The van der Waals surface area contributed by atoms with E-state index >= 15 is 0 Å². The largest absolute Gasteiger partial charge is 0.336 e. The molecule has 1 aliphatic rings. The van der Waals surface area contributed by atoms with E-state index in [1.54, 1.807) is 0 Å². The van der Waals surface area contributed by atoms with Crippen molar-refractivity contribution >= 4 is 5.91 Å². The van der Waals surface area contributed by atoms with Crippen molar-refractivity contribution in [3.8, 4) is 16.9 Å². The molecule has 3 aromatic rings. The minimum atomic E-state index is 0.0679. The fraction of sp³-hybridized carbons (Fsp3) is 0.333. The Morgan fingerprint density at radius 1 is 0.966 bits per heavy atom. The van der Waals surface area contributed by atoms with E-state index in [-0.39, 0.29) is 5.91 Å². The molecule has 1 aliphatic heterocycles. The molecule has 0 bridgehead atoms. The van der Waals surface area contributed by atoms with Crippen molar-refractivity contribution in [2.45, 2.75) is 20.3 Å². The summed E-state index contributed by atoms with van der Waals surface area (Å²) in [5.41, 5.74) is 4.53. The maximum Gasteiger partial charge on any atom is 0.257 e. The molecule has 1 aromatic heterocycles. The highest BCUT2D eigenvalue weighted by Crippen LogP contribution is 2.25.